The highest BCUT2D eigenvalue weighted by atomic mass is 35.6. The lowest BCUT2D eigenvalue weighted by Gasteiger charge is -2.17. The maximum atomic E-state index is 11.4. The van der Waals surface area contributed by atoms with Crippen LogP contribution in [0.3, 0.4) is 0 Å². The minimum absolute atomic E-state index is 0.237. The summed E-state index contributed by atoms with van der Waals surface area (Å²) in [7, 11) is 0. The molecule has 10 heteroatoms. The van der Waals surface area contributed by atoms with Gasteiger partial charge in [0.2, 0.25) is 3.79 Å². The zero-order chi connectivity index (χ0) is 16.6. The van der Waals surface area contributed by atoms with Crippen molar-refractivity contribution in [3.05, 3.63) is 11.8 Å². The number of carboxylic acids is 1. The van der Waals surface area contributed by atoms with Crippen LogP contribution in [0.2, 0.25) is 0 Å². The first-order chi connectivity index (χ1) is 9.60. The number of carboxylic acid groups (broad SMARTS) is 1. The van der Waals surface area contributed by atoms with Gasteiger partial charge in [-0.1, -0.05) is 47.0 Å². The van der Waals surface area contributed by atoms with Crippen molar-refractivity contribution in [2.45, 2.75) is 17.6 Å². The normalized spacial score (nSPS) is 11.8. The van der Waals surface area contributed by atoms with Gasteiger partial charge in [-0.2, -0.15) is 0 Å². The lowest BCUT2D eigenvalue weighted by atomic mass is 10.2. The van der Waals surface area contributed by atoms with Gasteiger partial charge in [0.25, 0.3) is 0 Å². The van der Waals surface area contributed by atoms with Crippen LogP contribution < -0.4 is 5.32 Å². The molecular weight excluding hydrogens is 363 g/mol. The monoisotopic (exact) mass is 376 g/mol. The number of alkyl carbamates (subject to hydrolysis) is 1. The number of amides is 1. The van der Waals surface area contributed by atoms with Gasteiger partial charge in [0.1, 0.15) is 17.2 Å². The highest BCUT2D eigenvalue weighted by Crippen LogP contribution is 2.25. The minimum atomic E-state index is -1.76. The summed E-state index contributed by atoms with van der Waals surface area (Å²) in [5.41, 5.74) is -0.237. The Bertz CT molecular complexity index is 434. The number of nitrogens with one attached hydrogen (secondary N) is 1. The van der Waals surface area contributed by atoms with Gasteiger partial charge in [0.05, 0.1) is 0 Å². The van der Waals surface area contributed by atoms with E-state index in [2.05, 4.69) is 10.1 Å². The summed E-state index contributed by atoms with van der Waals surface area (Å²) in [6, 6.07) is 0. The molecule has 0 aliphatic carbocycles. The largest absolute Gasteiger partial charge is 0.478 e. The number of alkyl halides is 3. The topological polar surface area (TPSA) is 78.9 Å². The molecule has 0 saturated carbocycles. The fraction of sp³-hybridized carbons (Fsp3) is 0.545. The third kappa shape index (κ3) is 8.98. The highest BCUT2D eigenvalue weighted by Gasteiger charge is 2.23. The van der Waals surface area contributed by atoms with E-state index >= 15 is 0 Å². The molecule has 0 spiro atoms. The molecule has 0 saturated heterocycles. The van der Waals surface area contributed by atoms with Crippen LogP contribution >= 0.6 is 47.0 Å². The number of nitrogens with zero attached hydrogens (tertiary/aromatic N) is 1. The van der Waals surface area contributed by atoms with E-state index in [0.29, 0.717) is 13.1 Å². The molecule has 0 heterocycles. The molecular formula is C11H15Cl3N2O4S. The second-order valence-electron chi connectivity index (χ2n) is 3.71. The maximum Gasteiger partial charge on any atom is 0.412 e. The molecule has 2 N–H and O–H groups in total. The van der Waals surface area contributed by atoms with E-state index in [9.17, 15) is 9.59 Å². The van der Waals surface area contributed by atoms with Crippen LogP contribution in [0.1, 0.15) is 13.8 Å². The second kappa shape index (κ2) is 9.30. The van der Waals surface area contributed by atoms with Gasteiger partial charge in [-0.3, -0.25) is 5.32 Å². The van der Waals surface area contributed by atoms with E-state index < -0.39 is 22.5 Å². The van der Waals surface area contributed by atoms with Crippen molar-refractivity contribution in [1.29, 1.82) is 0 Å². The lowest BCUT2D eigenvalue weighted by Crippen LogP contribution is -2.35. The molecule has 6 nitrogen and oxygen atoms in total. The molecule has 1 amide bonds. The van der Waals surface area contributed by atoms with Crippen molar-refractivity contribution >= 4 is 64.1 Å². The SMILES string of the molecule is CCN(C=C(C(=O)O)C(=S)NC(=O)OCC(Cl)(Cl)Cl)CC. The van der Waals surface area contributed by atoms with Crippen molar-refractivity contribution in [2.24, 2.45) is 0 Å². The molecule has 0 aliphatic heterocycles. The predicted molar refractivity (Wildman–Crippen MR) is 86.0 cm³/mol. The van der Waals surface area contributed by atoms with Crippen LogP contribution in [0.5, 0.6) is 0 Å². The molecule has 0 rings (SSSR count). The van der Waals surface area contributed by atoms with Crippen LogP contribution in [0.4, 0.5) is 4.79 Å². The first kappa shape index (κ1) is 20.2. The fourth-order valence-corrected chi connectivity index (χ4v) is 1.53. The van der Waals surface area contributed by atoms with E-state index in [1.54, 1.807) is 4.90 Å². The van der Waals surface area contributed by atoms with E-state index in [4.69, 9.17) is 52.1 Å². The number of hydrogen-bond donors (Lipinski definition) is 2. The average molecular weight is 378 g/mol. The molecule has 0 bridgehead atoms. The third-order valence-corrected chi connectivity index (χ3v) is 2.83. The number of carbonyl (C=O) groups is 2. The van der Waals surface area contributed by atoms with Crippen LogP contribution in [0.25, 0.3) is 0 Å². The van der Waals surface area contributed by atoms with Gasteiger partial charge in [-0.15, -0.1) is 0 Å². The number of halogens is 3. The summed E-state index contributed by atoms with van der Waals surface area (Å²) < 4.78 is 2.84. The number of aliphatic carboxylic acids is 1. The van der Waals surface area contributed by atoms with Gasteiger partial charge in [0.15, 0.2) is 0 Å². The van der Waals surface area contributed by atoms with E-state index in [1.807, 2.05) is 13.8 Å². The molecule has 0 unspecified atom stereocenters. The lowest BCUT2D eigenvalue weighted by molar-refractivity contribution is -0.132. The van der Waals surface area contributed by atoms with Crippen LogP contribution in [-0.4, -0.2) is 50.5 Å². The van der Waals surface area contributed by atoms with Crippen molar-refractivity contribution < 1.29 is 19.4 Å². The Balaban J connectivity index is 4.78. The predicted octanol–water partition coefficient (Wildman–Crippen LogP) is 2.72. The number of thiocarbonyl (C=S) groups is 1. The van der Waals surface area contributed by atoms with Crippen LogP contribution in [0.15, 0.2) is 11.8 Å². The summed E-state index contributed by atoms with van der Waals surface area (Å²) in [4.78, 5) is 24.0. The number of rotatable bonds is 6. The molecule has 0 radical (unpaired) electrons. The Labute approximate surface area is 143 Å². The van der Waals surface area contributed by atoms with Crippen molar-refractivity contribution in [3.8, 4) is 0 Å². The van der Waals surface area contributed by atoms with E-state index in [-0.39, 0.29) is 10.6 Å². The minimum Gasteiger partial charge on any atom is -0.478 e. The van der Waals surface area contributed by atoms with Crippen molar-refractivity contribution in [1.82, 2.24) is 10.2 Å². The van der Waals surface area contributed by atoms with Gasteiger partial charge < -0.3 is 14.7 Å². The second-order valence-corrected chi connectivity index (χ2v) is 6.64. The molecule has 120 valence electrons. The average Bonchev–Trinajstić information content (AvgIpc) is 2.36. The molecule has 0 atom stereocenters. The smallest absolute Gasteiger partial charge is 0.412 e. The standard InChI is InChI=1S/C11H15Cl3N2O4S/c1-3-16(4-2)5-7(9(17)18)8(21)15-10(19)20-6-11(12,13)14/h5H,3-4,6H2,1-2H3,(H,17,18)(H,15,19,21). The maximum absolute atomic E-state index is 11.4. The first-order valence-electron chi connectivity index (χ1n) is 5.84. The van der Waals surface area contributed by atoms with Gasteiger partial charge >= 0.3 is 12.1 Å². The van der Waals surface area contributed by atoms with Gasteiger partial charge in [0, 0.05) is 19.3 Å². The summed E-state index contributed by atoms with van der Waals surface area (Å²) in [5, 5.41) is 11.2. The Morgan fingerprint density at radius 3 is 2.24 bits per heavy atom. The summed E-state index contributed by atoms with van der Waals surface area (Å²) in [6.45, 7) is 4.39. The van der Waals surface area contributed by atoms with Crippen molar-refractivity contribution in [2.75, 3.05) is 19.7 Å². The number of hydrogen-bond acceptors (Lipinski definition) is 5. The van der Waals surface area contributed by atoms with Crippen LogP contribution in [-0.2, 0) is 9.53 Å². The summed E-state index contributed by atoms with van der Waals surface area (Å²) >= 11 is 21.1. The fourth-order valence-electron chi connectivity index (χ4n) is 1.14. The Hall–Kier alpha value is -0.760. The number of carbonyl (C=O) groups excluding carboxylic acids is 1. The Morgan fingerprint density at radius 2 is 1.86 bits per heavy atom. The molecule has 0 aliphatic rings. The molecule has 0 aromatic carbocycles. The quantitative estimate of drug-likeness (QED) is 0.421. The summed E-state index contributed by atoms with van der Waals surface area (Å²) in [6.07, 6.45) is 0.345. The van der Waals surface area contributed by atoms with E-state index in [1.165, 1.54) is 6.20 Å². The highest BCUT2D eigenvalue weighted by molar-refractivity contribution is 7.80. The summed E-state index contributed by atoms with van der Waals surface area (Å²) in [5.74, 6) is -1.27. The molecule has 21 heavy (non-hydrogen) atoms. The molecule has 0 fully saturated rings. The third-order valence-electron chi connectivity index (χ3n) is 2.18. The Kier molecular flexibility index (Phi) is 8.96. The zero-order valence-corrected chi connectivity index (χ0v) is 14.4. The number of ether oxygens (including phenoxy) is 1. The van der Waals surface area contributed by atoms with Crippen LogP contribution in [0, 0.1) is 0 Å². The van der Waals surface area contributed by atoms with Gasteiger partial charge in [-0.05, 0) is 13.8 Å². The zero-order valence-electron chi connectivity index (χ0n) is 11.4. The molecule has 0 aromatic rings. The van der Waals surface area contributed by atoms with Gasteiger partial charge in [-0.25, -0.2) is 9.59 Å². The molecule has 0 aromatic heterocycles. The van der Waals surface area contributed by atoms with E-state index in [0.717, 1.165) is 0 Å². The first-order valence-corrected chi connectivity index (χ1v) is 7.38. The Morgan fingerprint density at radius 1 is 1.33 bits per heavy atom. The van der Waals surface area contributed by atoms with Crippen molar-refractivity contribution in [3.63, 3.8) is 0 Å².